The zero-order valence-corrected chi connectivity index (χ0v) is 24.6. The molecule has 2 bridgehead atoms. The fraction of sp³-hybridized carbons (Fsp3) is 0.387. The molecular weight excluding hydrogens is 554 g/mol. The Hall–Kier alpha value is -3.80. The van der Waals surface area contributed by atoms with Crippen molar-refractivity contribution in [3.63, 3.8) is 0 Å². The molecule has 3 atom stereocenters. The number of carbonyl (C=O) groups is 1. The van der Waals surface area contributed by atoms with Gasteiger partial charge in [0.15, 0.2) is 9.84 Å². The number of hydrogen-bond donors (Lipinski definition) is 1. The number of ether oxygens (including phenoxy) is 2. The number of carbonyl (C=O) groups excluding carboxylic acids is 1. The van der Waals surface area contributed by atoms with Gasteiger partial charge in [-0.2, -0.15) is 0 Å². The van der Waals surface area contributed by atoms with Crippen molar-refractivity contribution in [3.8, 4) is 22.4 Å². The van der Waals surface area contributed by atoms with Crippen LogP contribution in [0.5, 0.6) is 0 Å². The Morgan fingerprint density at radius 3 is 2.40 bits per heavy atom. The van der Waals surface area contributed by atoms with Gasteiger partial charge in [-0.1, -0.05) is 36.4 Å². The molecule has 2 fully saturated rings. The summed E-state index contributed by atoms with van der Waals surface area (Å²) in [5, 5.41) is 0. The zero-order valence-electron chi connectivity index (χ0n) is 23.8. The Balaban J connectivity index is 1.34. The maximum Gasteiger partial charge on any atom is 0.249 e. The minimum absolute atomic E-state index is 0.0000709. The van der Waals surface area contributed by atoms with E-state index in [1.54, 1.807) is 23.9 Å². The number of piperidine rings is 1. The maximum absolute atomic E-state index is 13.1. The fourth-order valence-corrected chi connectivity index (χ4v) is 7.61. The first kappa shape index (κ1) is 28.3. The van der Waals surface area contributed by atoms with Crippen LogP contribution in [0, 0.1) is 0 Å². The van der Waals surface area contributed by atoms with E-state index in [2.05, 4.69) is 4.98 Å². The average Bonchev–Trinajstić information content (AvgIpc) is 3.53. The van der Waals surface area contributed by atoms with Crippen molar-refractivity contribution in [2.45, 2.75) is 48.6 Å². The maximum atomic E-state index is 13.1. The van der Waals surface area contributed by atoms with Crippen molar-refractivity contribution in [1.29, 1.82) is 0 Å². The van der Waals surface area contributed by atoms with Gasteiger partial charge in [-0.3, -0.25) is 14.2 Å². The Kier molecular flexibility index (Phi) is 7.73. The molecule has 11 heteroatoms. The van der Waals surface area contributed by atoms with Gasteiger partial charge in [-0.25, -0.2) is 13.4 Å². The summed E-state index contributed by atoms with van der Waals surface area (Å²) in [4.78, 5) is 24.7. The van der Waals surface area contributed by atoms with Crippen LogP contribution in [0.2, 0.25) is 0 Å². The largest absolute Gasteiger partial charge is 0.384 e. The molecule has 0 aliphatic carbocycles. The summed E-state index contributed by atoms with van der Waals surface area (Å²) in [6, 6.07) is 15.8. The molecule has 10 nitrogen and oxygen atoms in total. The monoisotopic (exact) mass is 589 g/mol. The van der Waals surface area contributed by atoms with Crippen LogP contribution in [0.25, 0.3) is 28.0 Å². The lowest BCUT2D eigenvalue weighted by Crippen LogP contribution is -2.47. The van der Waals surface area contributed by atoms with Crippen molar-refractivity contribution in [1.82, 2.24) is 19.3 Å². The predicted molar refractivity (Wildman–Crippen MR) is 160 cm³/mol. The molecule has 2 saturated heterocycles. The first-order chi connectivity index (χ1) is 20.3. The Bertz CT molecular complexity index is 1690. The van der Waals surface area contributed by atoms with E-state index in [4.69, 9.17) is 20.2 Å². The summed E-state index contributed by atoms with van der Waals surface area (Å²) in [5.41, 5.74) is 11.2. The lowest BCUT2D eigenvalue weighted by Gasteiger charge is -2.39. The van der Waals surface area contributed by atoms with Gasteiger partial charge in [-0.15, -0.1) is 0 Å². The van der Waals surface area contributed by atoms with Crippen LogP contribution in [-0.2, 0) is 24.1 Å². The third-order valence-electron chi connectivity index (χ3n) is 8.39. The van der Waals surface area contributed by atoms with Crippen molar-refractivity contribution in [2.75, 3.05) is 38.9 Å². The van der Waals surface area contributed by atoms with Crippen LogP contribution in [0.1, 0.15) is 37.3 Å². The van der Waals surface area contributed by atoms with E-state index in [9.17, 15) is 13.2 Å². The molecule has 0 radical (unpaired) electrons. The van der Waals surface area contributed by atoms with Crippen LogP contribution in [-0.4, -0.2) is 78.9 Å². The summed E-state index contributed by atoms with van der Waals surface area (Å²) >= 11 is 0. The second kappa shape index (κ2) is 11.5. The van der Waals surface area contributed by atoms with Crippen LogP contribution in [0.4, 0.5) is 5.82 Å². The fourth-order valence-electron chi connectivity index (χ4n) is 6.54. The van der Waals surface area contributed by atoms with Crippen LogP contribution < -0.4 is 5.73 Å². The van der Waals surface area contributed by atoms with Crippen molar-refractivity contribution >= 4 is 27.2 Å². The van der Waals surface area contributed by atoms with Gasteiger partial charge < -0.3 is 20.1 Å². The van der Waals surface area contributed by atoms with E-state index < -0.39 is 9.84 Å². The number of methoxy groups -OCH3 is 1. The topological polar surface area (TPSA) is 129 Å². The molecule has 2 aliphatic rings. The van der Waals surface area contributed by atoms with Gasteiger partial charge in [0.05, 0.1) is 24.6 Å². The van der Waals surface area contributed by atoms with Gasteiger partial charge in [0.2, 0.25) is 5.91 Å². The smallest absolute Gasteiger partial charge is 0.249 e. The molecule has 1 amide bonds. The molecule has 4 aromatic rings. The molecule has 1 unspecified atom stereocenters. The lowest BCUT2D eigenvalue weighted by molar-refractivity contribution is -0.141. The minimum atomic E-state index is -3.69. The van der Waals surface area contributed by atoms with Crippen LogP contribution in [0.15, 0.2) is 65.8 Å². The number of hydrogen-bond acceptors (Lipinski definition) is 8. The standard InChI is InChI=1S/C31H35N5O5S/c1-40-14-15-41-19-27(37)36-23-9-10-24(36)17-22(16-23)28-29(42(2,38)39)30(32)35-13-12-25(31(35)34-28)21-8-11-26(33-18-21)20-6-4-3-5-7-20/h3-8,11-13,18,22-24H,9-10,14-17,19,32H2,1-2H3/t22?,23-,24+. The third-order valence-corrected chi connectivity index (χ3v) is 9.55. The predicted octanol–water partition coefficient (Wildman–Crippen LogP) is 3.95. The summed E-state index contributed by atoms with van der Waals surface area (Å²) in [5.74, 6) is -0.0435. The SMILES string of the molecule is COCCOCC(=O)N1[C@@H]2CC[C@H]1CC(c1nc3c(-c4ccc(-c5ccccc5)nc4)ccn3c(N)c1S(C)(=O)=O)C2. The summed E-state index contributed by atoms with van der Waals surface area (Å²) in [6.45, 7) is 0.803. The quantitative estimate of drug-likeness (QED) is 0.291. The number of nitrogens with zero attached hydrogens (tertiary/aromatic N) is 4. The van der Waals surface area contributed by atoms with E-state index in [-0.39, 0.29) is 41.2 Å². The van der Waals surface area contributed by atoms with Gasteiger partial charge in [0.1, 0.15) is 23.0 Å². The number of nitrogens with two attached hydrogens (primary N) is 1. The van der Waals surface area contributed by atoms with Crippen molar-refractivity contribution < 1.29 is 22.7 Å². The van der Waals surface area contributed by atoms with Crippen molar-refractivity contribution in [3.05, 3.63) is 66.6 Å². The second-order valence-corrected chi connectivity index (χ2v) is 13.1. The Labute approximate surface area is 245 Å². The number of fused-ring (bicyclic) bond motifs is 3. The highest BCUT2D eigenvalue weighted by atomic mass is 32.2. The normalized spacial score (nSPS) is 20.3. The van der Waals surface area contributed by atoms with Gasteiger partial charge in [0, 0.05) is 60.5 Å². The van der Waals surface area contributed by atoms with Gasteiger partial charge in [-0.05, 0) is 37.8 Å². The van der Waals surface area contributed by atoms with E-state index in [1.165, 1.54) is 6.26 Å². The molecule has 6 rings (SSSR count). The van der Waals surface area contributed by atoms with Crippen LogP contribution in [0.3, 0.4) is 0 Å². The summed E-state index contributed by atoms with van der Waals surface area (Å²) < 4.78 is 38.3. The summed E-state index contributed by atoms with van der Waals surface area (Å²) in [7, 11) is -2.10. The number of pyridine rings is 1. The Morgan fingerprint density at radius 2 is 1.76 bits per heavy atom. The molecular formula is C31H35N5O5S. The first-order valence-corrected chi connectivity index (χ1v) is 16.1. The van der Waals surface area contributed by atoms with Crippen molar-refractivity contribution in [2.24, 2.45) is 0 Å². The van der Waals surface area contributed by atoms with E-state index >= 15 is 0 Å². The molecule has 0 saturated carbocycles. The highest BCUT2D eigenvalue weighted by molar-refractivity contribution is 7.91. The molecule has 220 valence electrons. The minimum Gasteiger partial charge on any atom is -0.384 e. The van der Waals surface area contributed by atoms with E-state index in [1.807, 2.05) is 53.4 Å². The van der Waals surface area contributed by atoms with E-state index in [0.29, 0.717) is 37.4 Å². The van der Waals surface area contributed by atoms with Crippen LogP contribution >= 0.6 is 0 Å². The number of sulfone groups is 1. The number of rotatable bonds is 9. The highest BCUT2D eigenvalue weighted by Crippen LogP contribution is 2.45. The van der Waals surface area contributed by atoms with Gasteiger partial charge >= 0.3 is 0 Å². The third kappa shape index (κ3) is 5.28. The second-order valence-electron chi connectivity index (χ2n) is 11.1. The first-order valence-electron chi connectivity index (χ1n) is 14.2. The molecule has 5 heterocycles. The molecule has 0 spiro atoms. The van der Waals surface area contributed by atoms with Gasteiger partial charge in [0.25, 0.3) is 0 Å². The van der Waals surface area contributed by atoms with E-state index in [0.717, 1.165) is 35.2 Å². The average molecular weight is 590 g/mol. The number of nitrogen functional groups attached to an aromatic ring is 1. The number of anilines is 1. The molecule has 2 N–H and O–H groups in total. The molecule has 2 aliphatic heterocycles. The Morgan fingerprint density at radius 1 is 1.02 bits per heavy atom. The number of benzene rings is 1. The molecule has 1 aromatic carbocycles. The number of amides is 1. The summed E-state index contributed by atoms with van der Waals surface area (Å²) in [6.07, 6.45) is 7.71. The number of aromatic nitrogens is 3. The lowest BCUT2D eigenvalue weighted by atomic mass is 9.87. The zero-order chi connectivity index (χ0) is 29.4. The molecule has 42 heavy (non-hydrogen) atoms. The molecule has 3 aromatic heterocycles. The highest BCUT2D eigenvalue weighted by Gasteiger charge is 2.45.